The van der Waals surface area contributed by atoms with Gasteiger partial charge in [0.15, 0.2) is 15.0 Å². The number of fused-ring (bicyclic) bond motifs is 1. The van der Waals surface area contributed by atoms with E-state index in [4.69, 9.17) is 4.74 Å². The van der Waals surface area contributed by atoms with E-state index in [0.29, 0.717) is 15.3 Å². The van der Waals surface area contributed by atoms with Gasteiger partial charge in [0.05, 0.1) is 15.1 Å². The average Bonchev–Trinajstić information content (AvgIpc) is 2.76. The topological polar surface area (TPSA) is 97.4 Å². The van der Waals surface area contributed by atoms with Crippen molar-refractivity contribution in [1.29, 1.82) is 0 Å². The van der Waals surface area contributed by atoms with Crippen molar-refractivity contribution in [3.05, 3.63) is 18.2 Å². The van der Waals surface area contributed by atoms with Gasteiger partial charge in [-0.15, -0.1) is 0 Å². The number of amides is 2. The van der Waals surface area contributed by atoms with Crippen LogP contribution in [0.5, 0.6) is 0 Å². The highest BCUT2D eigenvalue weighted by molar-refractivity contribution is 7.90. The molecule has 0 spiro atoms. The van der Waals surface area contributed by atoms with Crippen LogP contribution in [0.25, 0.3) is 10.2 Å². The van der Waals surface area contributed by atoms with Gasteiger partial charge in [0.1, 0.15) is 6.73 Å². The lowest BCUT2D eigenvalue weighted by Gasteiger charge is -2.02. The second-order valence-electron chi connectivity index (χ2n) is 3.98. The molecule has 9 heteroatoms. The fraction of sp³-hybridized carbons (Fsp3) is 0.273. The third kappa shape index (κ3) is 3.44. The van der Waals surface area contributed by atoms with E-state index in [-0.39, 0.29) is 11.6 Å². The summed E-state index contributed by atoms with van der Waals surface area (Å²) >= 11 is 1.20. The molecule has 1 aromatic heterocycles. The number of nitrogens with one attached hydrogen (secondary N) is 2. The molecule has 0 aliphatic rings. The Morgan fingerprint density at radius 1 is 1.45 bits per heavy atom. The number of benzene rings is 1. The summed E-state index contributed by atoms with van der Waals surface area (Å²) in [6.07, 6.45) is 1.15. The van der Waals surface area contributed by atoms with Crippen molar-refractivity contribution in [2.75, 3.05) is 25.4 Å². The molecule has 1 heterocycles. The van der Waals surface area contributed by atoms with Gasteiger partial charge in [0.25, 0.3) is 0 Å². The summed E-state index contributed by atoms with van der Waals surface area (Å²) in [5, 5.41) is 5.40. The van der Waals surface area contributed by atoms with E-state index in [9.17, 15) is 13.2 Å². The Labute approximate surface area is 119 Å². The summed E-state index contributed by atoms with van der Waals surface area (Å²) in [6.45, 7) is 0.0922. The maximum Gasteiger partial charge on any atom is 0.322 e. The van der Waals surface area contributed by atoms with Gasteiger partial charge in [-0.2, -0.15) is 0 Å². The molecule has 0 aliphatic heterocycles. The van der Waals surface area contributed by atoms with Crippen LogP contribution in [-0.4, -0.2) is 39.5 Å². The standard InChI is InChI=1S/C11H13N3O4S2/c1-18-6-12-10(15)14-11-13-8-4-3-7(20(2,16)17)5-9(8)19-11/h3-5H,6H2,1-2H3,(H2,12,13,14,15). The Hall–Kier alpha value is -1.71. The first-order valence-corrected chi connectivity index (χ1v) is 8.25. The quantitative estimate of drug-likeness (QED) is 0.832. The first-order chi connectivity index (χ1) is 9.40. The molecule has 1 aromatic carbocycles. The van der Waals surface area contributed by atoms with Crippen LogP contribution in [0.4, 0.5) is 9.93 Å². The molecular weight excluding hydrogens is 302 g/mol. The molecule has 0 saturated carbocycles. The lowest BCUT2D eigenvalue weighted by molar-refractivity contribution is 0.177. The molecule has 0 fully saturated rings. The molecule has 0 bridgehead atoms. The summed E-state index contributed by atoms with van der Waals surface area (Å²) in [5.41, 5.74) is 0.629. The Morgan fingerprint density at radius 2 is 2.20 bits per heavy atom. The molecule has 20 heavy (non-hydrogen) atoms. The smallest absolute Gasteiger partial charge is 0.322 e. The highest BCUT2D eigenvalue weighted by Gasteiger charge is 2.11. The van der Waals surface area contributed by atoms with Crippen molar-refractivity contribution in [3.8, 4) is 0 Å². The number of anilines is 1. The normalized spacial score (nSPS) is 11.5. The van der Waals surface area contributed by atoms with Crippen LogP contribution < -0.4 is 10.6 Å². The predicted molar refractivity (Wildman–Crippen MR) is 76.8 cm³/mol. The van der Waals surface area contributed by atoms with Gasteiger partial charge in [-0.1, -0.05) is 11.3 Å². The van der Waals surface area contributed by atoms with Gasteiger partial charge in [0, 0.05) is 13.4 Å². The zero-order valence-electron chi connectivity index (χ0n) is 10.8. The maximum atomic E-state index is 11.5. The molecule has 2 aromatic rings. The van der Waals surface area contributed by atoms with Crippen LogP contribution in [-0.2, 0) is 14.6 Å². The van der Waals surface area contributed by atoms with Crippen LogP contribution in [0.1, 0.15) is 0 Å². The van der Waals surface area contributed by atoms with E-state index in [1.165, 1.54) is 24.5 Å². The number of hydrogen-bond donors (Lipinski definition) is 2. The fourth-order valence-corrected chi connectivity index (χ4v) is 3.09. The molecule has 0 radical (unpaired) electrons. The summed E-state index contributed by atoms with van der Waals surface area (Å²) in [6, 6.07) is 4.21. The summed E-state index contributed by atoms with van der Waals surface area (Å²) in [7, 11) is -1.79. The number of thiazole rings is 1. The number of hydrogen-bond acceptors (Lipinski definition) is 6. The van der Waals surface area contributed by atoms with E-state index in [2.05, 4.69) is 15.6 Å². The third-order valence-electron chi connectivity index (χ3n) is 2.39. The number of sulfone groups is 1. The van der Waals surface area contributed by atoms with Gasteiger partial charge in [0.2, 0.25) is 0 Å². The molecule has 0 atom stereocenters. The zero-order valence-corrected chi connectivity index (χ0v) is 12.5. The van der Waals surface area contributed by atoms with E-state index < -0.39 is 15.9 Å². The number of aromatic nitrogens is 1. The molecule has 2 amide bonds. The third-order valence-corrected chi connectivity index (χ3v) is 4.43. The highest BCUT2D eigenvalue weighted by Crippen LogP contribution is 2.28. The Morgan fingerprint density at radius 3 is 2.85 bits per heavy atom. The van der Waals surface area contributed by atoms with Crippen molar-refractivity contribution in [2.24, 2.45) is 0 Å². The molecule has 7 nitrogen and oxygen atoms in total. The van der Waals surface area contributed by atoms with Crippen molar-refractivity contribution in [3.63, 3.8) is 0 Å². The molecule has 2 N–H and O–H groups in total. The highest BCUT2D eigenvalue weighted by atomic mass is 32.2. The van der Waals surface area contributed by atoms with Crippen molar-refractivity contribution >= 4 is 42.6 Å². The van der Waals surface area contributed by atoms with E-state index >= 15 is 0 Å². The first-order valence-electron chi connectivity index (χ1n) is 5.54. The second kappa shape index (κ2) is 5.73. The molecular formula is C11H13N3O4S2. The van der Waals surface area contributed by atoms with Crippen molar-refractivity contribution in [2.45, 2.75) is 4.90 Å². The van der Waals surface area contributed by atoms with Crippen LogP contribution in [0, 0.1) is 0 Å². The minimum Gasteiger partial charge on any atom is -0.364 e. The second-order valence-corrected chi connectivity index (χ2v) is 7.03. The van der Waals surface area contributed by atoms with Crippen molar-refractivity contribution < 1.29 is 17.9 Å². The molecule has 0 unspecified atom stereocenters. The number of carbonyl (C=O) groups excluding carboxylic acids is 1. The molecule has 2 rings (SSSR count). The Kier molecular flexibility index (Phi) is 4.21. The van der Waals surface area contributed by atoms with E-state index in [1.54, 1.807) is 12.1 Å². The maximum absolute atomic E-state index is 11.5. The van der Waals surface area contributed by atoms with Gasteiger partial charge in [-0.05, 0) is 18.2 Å². The SMILES string of the molecule is COCNC(=O)Nc1nc2ccc(S(C)(=O)=O)cc2s1. The van der Waals surface area contributed by atoms with Crippen LogP contribution in [0.2, 0.25) is 0 Å². The molecule has 0 saturated heterocycles. The van der Waals surface area contributed by atoms with Crippen LogP contribution in [0.3, 0.4) is 0 Å². The van der Waals surface area contributed by atoms with E-state index in [0.717, 1.165) is 6.26 Å². The summed E-state index contributed by atoms with van der Waals surface area (Å²) in [5.74, 6) is 0. The number of ether oxygens (including phenoxy) is 1. The lowest BCUT2D eigenvalue weighted by Crippen LogP contribution is -2.30. The lowest BCUT2D eigenvalue weighted by atomic mass is 10.3. The minimum absolute atomic E-state index is 0.0922. The Bertz CT molecular complexity index is 739. The molecule has 0 aliphatic carbocycles. The summed E-state index contributed by atoms with van der Waals surface area (Å²) < 4.78 is 28.3. The number of carbonyl (C=O) groups is 1. The van der Waals surface area contributed by atoms with Crippen LogP contribution in [0.15, 0.2) is 23.1 Å². The number of methoxy groups -OCH3 is 1. The van der Waals surface area contributed by atoms with Gasteiger partial charge < -0.3 is 10.1 Å². The first kappa shape index (κ1) is 14.7. The largest absolute Gasteiger partial charge is 0.364 e. The van der Waals surface area contributed by atoms with E-state index in [1.807, 2.05) is 0 Å². The predicted octanol–water partition coefficient (Wildman–Crippen LogP) is 1.43. The number of rotatable bonds is 4. The molecule has 108 valence electrons. The monoisotopic (exact) mass is 315 g/mol. The van der Waals surface area contributed by atoms with Crippen LogP contribution >= 0.6 is 11.3 Å². The van der Waals surface area contributed by atoms with Gasteiger partial charge in [-0.3, -0.25) is 5.32 Å². The Balaban J connectivity index is 2.23. The minimum atomic E-state index is -3.26. The summed E-state index contributed by atoms with van der Waals surface area (Å²) in [4.78, 5) is 15.9. The number of urea groups is 1. The fourth-order valence-electron chi connectivity index (χ4n) is 1.47. The van der Waals surface area contributed by atoms with Gasteiger partial charge in [-0.25, -0.2) is 18.2 Å². The van der Waals surface area contributed by atoms with Gasteiger partial charge >= 0.3 is 6.03 Å². The van der Waals surface area contributed by atoms with Crippen molar-refractivity contribution in [1.82, 2.24) is 10.3 Å². The average molecular weight is 315 g/mol. The zero-order chi connectivity index (χ0) is 14.8. The number of nitrogens with zero attached hydrogens (tertiary/aromatic N) is 1.